The Bertz CT molecular complexity index is 2100. The van der Waals surface area contributed by atoms with Gasteiger partial charge in [-0.1, -0.05) is 70.1 Å². The number of hydrogen-bond donors (Lipinski definition) is 0. The molecular weight excluding hydrogens is 720 g/mol. The topological polar surface area (TPSA) is 84.9 Å². The SMILES string of the molecule is CS(=O)(=O)N1[C@@H]2CC[C@H]1CC(N(Cc1ccc(Oc3nc4ccc(Cl)cc4s3)cc1)Cc1ccc(Oc3nc4ccc(Cl)cc4s3)cc1)C2. The predicted octanol–water partition coefficient (Wildman–Crippen LogP) is 9.75. The summed E-state index contributed by atoms with van der Waals surface area (Å²) < 4.78 is 41.2. The van der Waals surface area contributed by atoms with E-state index in [1.54, 1.807) is 4.31 Å². The van der Waals surface area contributed by atoms with Gasteiger partial charge in [-0.05, 0) is 97.5 Å². The summed E-state index contributed by atoms with van der Waals surface area (Å²) in [6.07, 6.45) is 4.80. The maximum atomic E-state index is 12.6. The zero-order chi connectivity index (χ0) is 33.7. The van der Waals surface area contributed by atoms with Crippen molar-refractivity contribution in [1.82, 2.24) is 19.2 Å². The Labute approximate surface area is 302 Å². The molecule has 4 heterocycles. The van der Waals surface area contributed by atoms with Crippen molar-refractivity contribution in [1.29, 1.82) is 0 Å². The van der Waals surface area contributed by atoms with E-state index in [0.717, 1.165) is 70.3 Å². The van der Waals surface area contributed by atoms with Gasteiger partial charge in [-0.15, -0.1) is 0 Å². The molecule has 2 fully saturated rings. The van der Waals surface area contributed by atoms with E-state index in [1.807, 2.05) is 60.7 Å². The van der Waals surface area contributed by atoms with Gasteiger partial charge in [-0.2, -0.15) is 4.31 Å². The molecular formula is C36H32Cl2N4O4S3. The van der Waals surface area contributed by atoms with Crippen LogP contribution in [0, 0.1) is 0 Å². The minimum absolute atomic E-state index is 0.0418. The van der Waals surface area contributed by atoms with Crippen LogP contribution in [0.3, 0.4) is 0 Å². The van der Waals surface area contributed by atoms with Gasteiger partial charge >= 0.3 is 0 Å². The predicted molar refractivity (Wildman–Crippen MR) is 198 cm³/mol. The van der Waals surface area contributed by atoms with E-state index >= 15 is 0 Å². The standard InChI is InChI=1S/C36H32Cl2N4O4S3/c1-49(43,44)42-26-8-9-27(42)19-28(18-26)41(20-22-2-10-29(11-3-22)45-35-39-31-14-6-24(37)16-33(31)47-35)21-23-4-12-30(13-5-23)46-36-40-32-15-7-25(38)17-34(32)48-36/h2-7,10-17,26-28H,8-9,18-21H2,1H3/t26-,27+,28?. The van der Waals surface area contributed by atoms with Crippen LogP contribution < -0.4 is 9.47 Å². The summed E-state index contributed by atoms with van der Waals surface area (Å²) in [6.45, 7) is 1.44. The van der Waals surface area contributed by atoms with Gasteiger partial charge in [-0.3, -0.25) is 4.90 Å². The summed E-state index contributed by atoms with van der Waals surface area (Å²) >= 11 is 15.2. The van der Waals surface area contributed by atoms with Crippen molar-refractivity contribution in [2.24, 2.45) is 0 Å². The maximum Gasteiger partial charge on any atom is 0.279 e. The molecule has 0 radical (unpaired) electrons. The summed E-state index contributed by atoms with van der Waals surface area (Å²) in [5.74, 6) is 1.43. The first-order valence-electron chi connectivity index (χ1n) is 16.0. The van der Waals surface area contributed by atoms with Crippen LogP contribution >= 0.6 is 45.9 Å². The van der Waals surface area contributed by atoms with E-state index in [9.17, 15) is 8.42 Å². The molecule has 3 atom stereocenters. The largest absolute Gasteiger partial charge is 0.431 e. The molecule has 4 aromatic carbocycles. The molecule has 6 aromatic rings. The van der Waals surface area contributed by atoms with E-state index in [4.69, 9.17) is 32.7 Å². The minimum Gasteiger partial charge on any atom is -0.431 e. The monoisotopic (exact) mass is 750 g/mol. The molecule has 2 aliphatic heterocycles. The smallest absolute Gasteiger partial charge is 0.279 e. The summed E-state index contributed by atoms with van der Waals surface area (Å²) in [5.41, 5.74) is 4.01. The van der Waals surface area contributed by atoms with Crippen LogP contribution in [0.2, 0.25) is 10.0 Å². The summed E-state index contributed by atoms with van der Waals surface area (Å²) in [4.78, 5) is 11.7. The van der Waals surface area contributed by atoms with E-state index < -0.39 is 10.0 Å². The first-order valence-corrected chi connectivity index (χ1v) is 20.2. The lowest BCUT2D eigenvalue weighted by molar-refractivity contribution is 0.0922. The van der Waals surface area contributed by atoms with Crippen LogP contribution in [0.1, 0.15) is 36.8 Å². The molecule has 8 nitrogen and oxygen atoms in total. The molecule has 13 heteroatoms. The molecule has 2 aliphatic rings. The Balaban J connectivity index is 0.992. The first kappa shape index (κ1) is 32.9. The van der Waals surface area contributed by atoms with E-state index in [1.165, 1.54) is 28.9 Å². The molecule has 2 aromatic heterocycles. The van der Waals surface area contributed by atoms with Gasteiger partial charge in [0, 0.05) is 41.3 Å². The van der Waals surface area contributed by atoms with Gasteiger partial charge in [0.15, 0.2) is 0 Å². The van der Waals surface area contributed by atoms with Gasteiger partial charge in [0.2, 0.25) is 10.0 Å². The van der Waals surface area contributed by atoms with Crippen LogP contribution in [-0.2, 0) is 23.1 Å². The van der Waals surface area contributed by atoms with Crippen LogP contribution in [0.5, 0.6) is 21.9 Å². The highest BCUT2D eigenvalue weighted by molar-refractivity contribution is 7.88. The molecule has 2 saturated heterocycles. The molecule has 0 saturated carbocycles. The lowest BCUT2D eigenvalue weighted by Gasteiger charge is -2.42. The molecule has 1 unspecified atom stereocenters. The lowest BCUT2D eigenvalue weighted by atomic mass is 9.96. The van der Waals surface area contributed by atoms with Crippen molar-refractivity contribution >= 4 is 76.3 Å². The highest BCUT2D eigenvalue weighted by Gasteiger charge is 2.46. The lowest BCUT2D eigenvalue weighted by Crippen LogP contribution is -2.51. The second kappa shape index (κ2) is 13.4. The molecule has 0 spiro atoms. The third kappa shape index (κ3) is 7.30. The fourth-order valence-electron chi connectivity index (χ4n) is 7.10. The average molecular weight is 752 g/mol. The fourth-order valence-corrected chi connectivity index (χ4v) is 10.8. The number of hydrogen-bond acceptors (Lipinski definition) is 9. The highest BCUT2D eigenvalue weighted by Crippen LogP contribution is 2.40. The zero-order valence-corrected chi connectivity index (χ0v) is 30.4. The number of ether oxygens (including phenoxy) is 2. The Morgan fingerprint density at radius 2 is 1.18 bits per heavy atom. The van der Waals surface area contributed by atoms with Crippen molar-refractivity contribution in [3.05, 3.63) is 106 Å². The minimum atomic E-state index is -3.25. The number of thiazole rings is 2. The van der Waals surface area contributed by atoms with Gasteiger partial charge in [-0.25, -0.2) is 18.4 Å². The molecule has 2 bridgehead atoms. The number of rotatable bonds is 10. The zero-order valence-electron chi connectivity index (χ0n) is 26.5. The average Bonchev–Trinajstić information content (AvgIpc) is 3.74. The Morgan fingerprint density at radius 3 is 1.61 bits per heavy atom. The van der Waals surface area contributed by atoms with Crippen molar-refractivity contribution in [3.63, 3.8) is 0 Å². The quantitative estimate of drug-likeness (QED) is 0.138. The number of nitrogens with zero attached hydrogens (tertiary/aromatic N) is 4. The van der Waals surface area contributed by atoms with Gasteiger partial charge in [0.05, 0.1) is 26.7 Å². The molecule has 252 valence electrons. The van der Waals surface area contributed by atoms with Crippen LogP contribution in [-0.4, -0.2) is 52.0 Å². The van der Waals surface area contributed by atoms with Crippen molar-refractivity contribution in [2.75, 3.05) is 6.26 Å². The summed E-state index contributed by atoms with van der Waals surface area (Å²) in [5, 5.41) is 2.48. The van der Waals surface area contributed by atoms with Crippen LogP contribution in [0.25, 0.3) is 20.4 Å². The molecule has 0 amide bonds. The van der Waals surface area contributed by atoms with E-state index in [-0.39, 0.29) is 18.1 Å². The third-order valence-corrected chi connectivity index (χ3v) is 12.9. The van der Waals surface area contributed by atoms with E-state index in [2.05, 4.69) is 39.1 Å². The Morgan fingerprint density at radius 1 is 0.735 bits per heavy atom. The summed E-state index contributed by atoms with van der Waals surface area (Å²) in [7, 11) is -3.25. The molecule has 49 heavy (non-hydrogen) atoms. The molecule has 0 N–H and O–H groups in total. The van der Waals surface area contributed by atoms with Crippen molar-refractivity contribution in [2.45, 2.75) is 56.9 Å². The van der Waals surface area contributed by atoms with Gasteiger partial charge in [0.25, 0.3) is 10.4 Å². The number of fused-ring (bicyclic) bond motifs is 4. The van der Waals surface area contributed by atoms with Crippen LogP contribution in [0.15, 0.2) is 84.9 Å². The number of aromatic nitrogens is 2. The van der Waals surface area contributed by atoms with Crippen molar-refractivity contribution in [3.8, 4) is 21.9 Å². The number of halogens is 2. The maximum absolute atomic E-state index is 12.6. The number of piperidine rings is 1. The fraction of sp³-hybridized carbons (Fsp3) is 0.278. The Kier molecular flexibility index (Phi) is 9.02. The van der Waals surface area contributed by atoms with Gasteiger partial charge < -0.3 is 9.47 Å². The third-order valence-electron chi connectivity index (χ3n) is 9.23. The Hall–Kier alpha value is -3.29. The summed E-state index contributed by atoms with van der Waals surface area (Å²) in [6, 6.07) is 27.8. The number of benzene rings is 4. The highest BCUT2D eigenvalue weighted by atomic mass is 35.5. The van der Waals surface area contributed by atoms with E-state index in [0.29, 0.717) is 31.9 Å². The van der Waals surface area contributed by atoms with Crippen LogP contribution in [0.4, 0.5) is 0 Å². The second-order valence-electron chi connectivity index (χ2n) is 12.7. The van der Waals surface area contributed by atoms with Crippen molar-refractivity contribution < 1.29 is 17.9 Å². The molecule has 8 rings (SSSR count). The van der Waals surface area contributed by atoms with Gasteiger partial charge in [0.1, 0.15) is 11.5 Å². The molecule has 0 aliphatic carbocycles. The second-order valence-corrected chi connectivity index (χ2v) is 17.4. The normalized spacial score (nSPS) is 19.6. The first-order chi connectivity index (χ1) is 23.6. The number of sulfonamides is 1.